The Labute approximate surface area is 109 Å². The van der Waals surface area contributed by atoms with Gasteiger partial charge in [-0.2, -0.15) is 0 Å². The van der Waals surface area contributed by atoms with E-state index in [-0.39, 0.29) is 9.79 Å². The van der Waals surface area contributed by atoms with Gasteiger partial charge in [0.2, 0.25) is 9.84 Å². The molecule has 1 atom stereocenters. The summed E-state index contributed by atoms with van der Waals surface area (Å²) in [6.07, 6.45) is 1.56. The van der Waals surface area contributed by atoms with Crippen LogP contribution in [0.3, 0.4) is 0 Å². The average molecular weight is 280 g/mol. The maximum atomic E-state index is 12.2. The van der Waals surface area contributed by atoms with E-state index in [2.05, 4.69) is 0 Å². The van der Waals surface area contributed by atoms with Crippen LogP contribution < -0.4 is 0 Å². The molecule has 0 saturated carbocycles. The molecule has 0 fully saturated rings. The Morgan fingerprint density at radius 1 is 0.833 bits per heavy atom. The first-order valence-electron chi connectivity index (χ1n) is 5.25. The molecule has 0 aliphatic heterocycles. The van der Waals surface area contributed by atoms with Crippen LogP contribution in [0, 0.1) is 0 Å². The summed E-state index contributed by atoms with van der Waals surface area (Å²) in [4.78, 5) is 1.08. The normalized spacial score (nSPS) is 13.2. The number of rotatable bonds is 3. The molecule has 0 saturated heterocycles. The van der Waals surface area contributed by atoms with E-state index in [1.165, 1.54) is 12.1 Å². The maximum Gasteiger partial charge on any atom is 0.206 e. The van der Waals surface area contributed by atoms with Crippen molar-refractivity contribution >= 4 is 20.6 Å². The Hall–Kier alpha value is -1.46. The van der Waals surface area contributed by atoms with Gasteiger partial charge in [-0.1, -0.05) is 18.2 Å². The zero-order chi connectivity index (χ0) is 13.2. The first-order valence-corrected chi connectivity index (χ1v) is 8.29. The van der Waals surface area contributed by atoms with Crippen LogP contribution in [0.5, 0.6) is 0 Å². The molecule has 2 aromatic carbocycles. The summed E-state index contributed by atoms with van der Waals surface area (Å²) >= 11 is 0. The lowest BCUT2D eigenvalue weighted by molar-refractivity contribution is 0.596. The fourth-order valence-corrected chi connectivity index (χ4v) is 3.35. The van der Waals surface area contributed by atoms with Crippen molar-refractivity contribution in [1.82, 2.24) is 0 Å². The van der Waals surface area contributed by atoms with Gasteiger partial charge in [0.1, 0.15) is 0 Å². The van der Waals surface area contributed by atoms with E-state index in [4.69, 9.17) is 0 Å². The van der Waals surface area contributed by atoms with Crippen LogP contribution in [0.1, 0.15) is 0 Å². The first kappa shape index (κ1) is 13.0. The third-order valence-electron chi connectivity index (χ3n) is 2.52. The Bertz CT molecular complexity index is 659. The van der Waals surface area contributed by atoms with Crippen molar-refractivity contribution in [2.45, 2.75) is 14.7 Å². The number of hydrogen-bond donors (Lipinski definition) is 0. The lowest BCUT2D eigenvalue weighted by atomic mass is 10.4. The second-order valence-electron chi connectivity index (χ2n) is 3.74. The van der Waals surface area contributed by atoms with Gasteiger partial charge in [-0.25, -0.2) is 8.42 Å². The molecular weight excluding hydrogens is 268 g/mol. The standard InChI is InChI=1S/C13H12O3S2/c1-17(14)11-7-9-13(10-8-11)18(15,16)12-5-3-2-4-6-12/h2-10H,1H3. The minimum Gasteiger partial charge on any atom is -0.255 e. The highest BCUT2D eigenvalue weighted by atomic mass is 32.2. The topological polar surface area (TPSA) is 51.2 Å². The quantitative estimate of drug-likeness (QED) is 0.866. The second-order valence-corrected chi connectivity index (χ2v) is 7.07. The van der Waals surface area contributed by atoms with Crippen molar-refractivity contribution < 1.29 is 12.6 Å². The van der Waals surface area contributed by atoms with Crippen LogP contribution in [0.15, 0.2) is 69.3 Å². The van der Waals surface area contributed by atoms with Crippen molar-refractivity contribution in [3.05, 3.63) is 54.6 Å². The zero-order valence-corrected chi connectivity index (χ0v) is 11.4. The molecule has 0 aromatic heterocycles. The molecule has 0 spiro atoms. The van der Waals surface area contributed by atoms with Crippen LogP contribution in [-0.4, -0.2) is 18.9 Å². The predicted molar refractivity (Wildman–Crippen MR) is 70.7 cm³/mol. The van der Waals surface area contributed by atoms with Gasteiger partial charge >= 0.3 is 0 Å². The SMILES string of the molecule is CS(=O)c1ccc(S(=O)(=O)c2ccccc2)cc1. The largest absolute Gasteiger partial charge is 0.255 e. The van der Waals surface area contributed by atoms with E-state index < -0.39 is 20.6 Å². The van der Waals surface area contributed by atoms with E-state index in [0.29, 0.717) is 4.90 Å². The van der Waals surface area contributed by atoms with Gasteiger partial charge in [0.25, 0.3) is 0 Å². The van der Waals surface area contributed by atoms with E-state index in [9.17, 15) is 12.6 Å². The monoisotopic (exact) mass is 280 g/mol. The summed E-state index contributed by atoms with van der Waals surface area (Å²) in [7, 11) is -4.58. The van der Waals surface area contributed by atoms with Crippen molar-refractivity contribution in [1.29, 1.82) is 0 Å². The number of sulfone groups is 1. The maximum absolute atomic E-state index is 12.2. The van der Waals surface area contributed by atoms with Crippen LogP contribution in [0.2, 0.25) is 0 Å². The fourth-order valence-electron chi connectivity index (χ4n) is 1.55. The third-order valence-corrected chi connectivity index (χ3v) is 5.24. The van der Waals surface area contributed by atoms with Gasteiger partial charge in [-0.3, -0.25) is 4.21 Å². The van der Waals surface area contributed by atoms with Crippen LogP contribution in [0.4, 0.5) is 0 Å². The molecular formula is C13H12O3S2. The summed E-state index contributed by atoms with van der Waals surface area (Å²) in [6, 6.07) is 14.4. The zero-order valence-electron chi connectivity index (χ0n) is 9.74. The van der Waals surface area contributed by atoms with Gasteiger partial charge < -0.3 is 0 Å². The Morgan fingerprint density at radius 3 is 1.83 bits per heavy atom. The van der Waals surface area contributed by atoms with E-state index in [0.717, 1.165) is 0 Å². The highest BCUT2D eigenvalue weighted by molar-refractivity contribution is 7.91. The molecule has 18 heavy (non-hydrogen) atoms. The lowest BCUT2D eigenvalue weighted by Gasteiger charge is -2.05. The summed E-state index contributed by atoms with van der Waals surface area (Å²) in [6.45, 7) is 0. The highest BCUT2D eigenvalue weighted by Crippen LogP contribution is 2.21. The smallest absolute Gasteiger partial charge is 0.206 e. The fraction of sp³-hybridized carbons (Fsp3) is 0.0769. The molecule has 2 aromatic rings. The van der Waals surface area contributed by atoms with Crippen LogP contribution in [0.25, 0.3) is 0 Å². The Morgan fingerprint density at radius 2 is 1.33 bits per heavy atom. The third kappa shape index (κ3) is 2.52. The summed E-state index contributed by atoms with van der Waals surface area (Å²) < 4.78 is 35.7. The minimum absolute atomic E-state index is 0.211. The molecule has 0 aliphatic carbocycles. The molecule has 94 valence electrons. The highest BCUT2D eigenvalue weighted by Gasteiger charge is 2.16. The lowest BCUT2D eigenvalue weighted by Crippen LogP contribution is -2.01. The molecule has 0 heterocycles. The molecule has 0 aliphatic rings. The summed E-state index contributed by atoms with van der Waals surface area (Å²) in [5.41, 5.74) is 0. The van der Waals surface area contributed by atoms with Crippen molar-refractivity contribution in [3.8, 4) is 0 Å². The summed E-state index contributed by atoms with van der Waals surface area (Å²) in [5.74, 6) is 0. The van der Waals surface area contributed by atoms with E-state index in [1.807, 2.05) is 0 Å². The van der Waals surface area contributed by atoms with Gasteiger partial charge in [-0.15, -0.1) is 0 Å². The molecule has 0 bridgehead atoms. The van der Waals surface area contributed by atoms with E-state index >= 15 is 0 Å². The molecule has 2 rings (SSSR count). The van der Waals surface area contributed by atoms with Crippen molar-refractivity contribution in [2.24, 2.45) is 0 Å². The number of benzene rings is 2. The Balaban J connectivity index is 2.46. The number of hydrogen-bond acceptors (Lipinski definition) is 3. The minimum atomic E-state index is -3.48. The van der Waals surface area contributed by atoms with Crippen LogP contribution >= 0.6 is 0 Å². The molecule has 3 nitrogen and oxygen atoms in total. The van der Waals surface area contributed by atoms with E-state index in [1.54, 1.807) is 48.7 Å². The molecule has 0 N–H and O–H groups in total. The second kappa shape index (κ2) is 5.04. The van der Waals surface area contributed by atoms with Gasteiger partial charge in [0.15, 0.2) is 0 Å². The average Bonchev–Trinajstić information content (AvgIpc) is 2.40. The van der Waals surface area contributed by atoms with Crippen molar-refractivity contribution in [3.63, 3.8) is 0 Å². The van der Waals surface area contributed by atoms with Gasteiger partial charge in [0.05, 0.1) is 9.79 Å². The Kier molecular flexibility index (Phi) is 3.63. The molecule has 0 amide bonds. The van der Waals surface area contributed by atoms with Crippen molar-refractivity contribution in [2.75, 3.05) is 6.26 Å². The molecule has 5 heteroatoms. The predicted octanol–water partition coefficient (Wildman–Crippen LogP) is 2.26. The molecule has 1 unspecified atom stereocenters. The summed E-state index contributed by atoms with van der Waals surface area (Å²) in [5, 5.41) is 0. The van der Waals surface area contributed by atoms with Crippen LogP contribution in [-0.2, 0) is 20.6 Å². The molecule has 0 radical (unpaired) electrons. The van der Waals surface area contributed by atoms with Gasteiger partial charge in [0, 0.05) is 22.0 Å². The first-order chi connectivity index (χ1) is 8.51. The van der Waals surface area contributed by atoms with Gasteiger partial charge in [-0.05, 0) is 36.4 Å².